The number of para-hydroxylation sites is 1. The molecule has 2 amide bonds. The normalized spacial score (nSPS) is 12.7. The van der Waals surface area contributed by atoms with Gasteiger partial charge in [-0.15, -0.1) is 26.3 Å². The van der Waals surface area contributed by atoms with E-state index in [1.807, 2.05) is 0 Å². The summed E-state index contributed by atoms with van der Waals surface area (Å²) in [6, 6.07) is 22.1. The van der Waals surface area contributed by atoms with Crippen molar-refractivity contribution in [2.24, 2.45) is 0 Å². The van der Waals surface area contributed by atoms with E-state index in [2.05, 4.69) is 25.1 Å². The maximum absolute atomic E-state index is 13.8. The Balaban J connectivity index is 1.60. The quantitative estimate of drug-likeness (QED) is 0.109. The number of aromatic amines is 1. The van der Waals surface area contributed by atoms with E-state index >= 15 is 0 Å². The summed E-state index contributed by atoms with van der Waals surface area (Å²) in [7, 11) is 0. The average molecular weight is 672 g/mol. The van der Waals surface area contributed by atoms with Crippen LogP contribution in [-0.4, -0.2) is 40.9 Å². The summed E-state index contributed by atoms with van der Waals surface area (Å²) < 4.78 is 87.7. The summed E-state index contributed by atoms with van der Waals surface area (Å²) in [6.45, 7) is 0. The Hall–Kier alpha value is -5.66. The Kier molecular flexibility index (Phi) is 9.55. The van der Waals surface area contributed by atoms with Gasteiger partial charge in [0.15, 0.2) is 0 Å². The lowest BCUT2D eigenvalue weighted by Gasteiger charge is -2.37. The minimum Gasteiger partial charge on any atom is -0.480 e. The van der Waals surface area contributed by atoms with Gasteiger partial charge in [-0.2, -0.15) is 0 Å². The number of hydrogen-bond donors (Lipinski definition) is 4. The van der Waals surface area contributed by atoms with E-state index in [4.69, 9.17) is 0 Å². The lowest BCUT2D eigenvalue weighted by molar-refractivity contribution is -0.275. The van der Waals surface area contributed by atoms with Gasteiger partial charge in [-0.1, -0.05) is 72.8 Å². The number of urea groups is 1. The number of benzene rings is 4. The molecule has 48 heavy (non-hydrogen) atoms. The highest BCUT2D eigenvalue weighted by Crippen LogP contribution is 2.38. The van der Waals surface area contributed by atoms with Crippen molar-refractivity contribution in [2.45, 2.75) is 37.1 Å². The van der Waals surface area contributed by atoms with Crippen molar-refractivity contribution in [3.05, 3.63) is 132 Å². The molecule has 0 saturated heterocycles. The van der Waals surface area contributed by atoms with Gasteiger partial charge < -0.3 is 30.2 Å². The molecule has 0 spiro atoms. The predicted molar refractivity (Wildman–Crippen MR) is 162 cm³/mol. The van der Waals surface area contributed by atoms with Crippen LogP contribution < -0.4 is 20.1 Å². The average Bonchev–Trinajstić information content (AvgIpc) is 3.42. The van der Waals surface area contributed by atoms with Crippen LogP contribution in [0.15, 0.2) is 109 Å². The zero-order valence-electron chi connectivity index (χ0n) is 24.7. The van der Waals surface area contributed by atoms with Crippen LogP contribution in [-0.2, 0) is 23.2 Å². The highest BCUT2D eigenvalue weighted by molar-refractivity contribution is 5.86. The van der Waals surface area contributed by atoms with Gasteiger partial charge in [0.05, 0.1) is 5.54 Å². The Morgan fingerprint density at radius 2 is 1.31 bits per heavy atom. The summed E-state index contributed by atoms with van der Waals surface area (Å²) in [5, 5.41) is 15.9. The summed E-state index contributed by atoms with van der Waals surface area (Å²) in [4.78, 5) is 29.2. The van der Waals surface area contributed by atoms with Crippen LogP contribution in [0, 0.1) is 0 Å². The molecule has 5 rings (SSSR count). The van der Waals surface area contributed by atoms with E-state index < -0.39 is 47.8 Å². The fourth-order valence-electron chi connectivity index (χ4n) is 5.49. The van der Waals surface area contributed by atoms with Crippen molar-refractivity contribution >= 4 is 22.9 Å². The van der Waals surface area contributed by atoms with Crippen LogP contribution in [0.4, 0.5) is 31.1 Å². The second-order valence-corrected chi connectivity index (χ2v) is 10.8. The standard InChI is InChI=1S/C34H27F6N3O5/c35-33(36,37)47-25-12-6-10-23(17-25)32(19-21-8-2-1-3-9-21,24-11-7-13-26(18-24)48-34(38,39)40)43-31(46)42-29(30(44)45)16-22-20-41-28-15-5-4-14-27(22)28/h1-15,17-18,20,29,41H,16,19H2,(H,44,45)(H2,42,43,46)/t29-/m0/s1. The van der Waals surface area contributed by atoms with Crippen molar-refractivity contribution in [3.8, 4) is 11.5 Å². The molecule has 0 radical (unpaired) electrons. The topological polar surface area (TPSA) is 113 Å². The van der Waals surface area contributed by atoms with E-state index in [-0.39, 0.29) is 24.0 Å². The first-order valence-electron chi connectivity index (χ1n) is 14.3. The van der Waals surface area contributed by atoms with E-state index in [1.54, 1.807) is 60.8 Å². The van der Waals surface area contributed by atoms with E-state index in [0.717, 1.165) is 35.2 Å². The molecule has 0 unspecified atom stereocenters. The minimum atomic E-state index is -5.08. The summed E-state index contributed by atoms with van der Waals surface area (Å²) in [5.74, 6) is -2.71. The molecule has 8 nitrogen and oxygen atoms in total. The maximum Gasteiger partial charge on any atom is 0.573 e. The van der Waals surface area contributed by atoms with Gasteiger partial charge in [0, 0.05) is 29.9 Å². The first kappa shape index (κ1) is 33.7. The van der Waals surface area contributed by atoms with Gasteiger partial charge in [0.25, 0.3) is 0 Å². The Labute approximate surface area is 269 Å². The zero-order valence-corrected chi connectivity index (χ0v) is 24.7. The lowest BCUT2D eigenvalue weighted by atomic mass is 9.77. The van der Waals surface area contributed by atoms with Gasteiger partial charge >= 0.3 is 24.7 Å². The maximum atomic E-state index is 13.8. The predicted octanol–water partition coefficient (Wildman–Crippen LogP) is 7.45. The van der Waals surface area contributed by atoms with E-state index in [0.29, 0.717) is 11.1 Å². The minimum absolute atomic E-state index is 0.0177. The van der Waals surface area contributed by atoms with Gasteiger partial charge in [-0.3, -0.25) is 0 Å². The van der Waals surface area contributed by atoms with Crippen LogP contribution in [0.5, 0.6) is 11.5 Å². The molecule has 1 heterocycles. The monoisotopic (exact) mass is 671 g/mol. The molecule has 0 aliphatic carbocycles. The molecule has 14 heteroatoms. The molecule has 0 saturated carbocycles. The number of H-pyrrole nitrogens is 1. The number of nitrogens with one attached hydrogen (secondary N) is 3. The summed E-state index contributed by atoms with van der Waals surface area (Å²) in [5.41, 5.74) is -0.0826. The van der Waals surface area contributed by atoms with Crippen LogP contribution >= 0.6 is 0 Å². The fraction of sp³-hybridized carbons (Fsp3) is 0.176. The highest BCUT2D eigenvalue weighted by Gasteiger charge is 2.40. The Bertz CT molecular complexity index is 1830. The number of carboxylic acids is 1. The van der Waals surface area contributed by atoms with Gasteiger partial charge in [-0.05, 0) is 52.6 Å². The van der Waals surface area contributed by atoms with Gasteiger partial charge in [0.2, 0.25) is 0 Å². The second kappa shape index (κ2) is 13.6. The molecule has 0 bridgehead atoms. The van der Waals surface area contributed by atoms with Gasteiger partial charge in [0.1, 0.15) is 17.5 Å². The molecule has 1 aromatic heterocycles. The summed E-state index contributed by atoms with van der Waals surface area (Å²) in [6.07, 6.45) is -8.90. The zero-order chi connectivity index (χ0) is 34.5. The molecule has 0 fully saturated rings. The third kappa shape index (κ3) is 8.37. The lowest BCUT2D eigenvalue weighted by Crippen LogP contribution is -2.55. The number of amides is 2. The number of aromatic nitrogens is 1. The molecule has 4 N–H and O–H groups in total. The Morgan fingerprint density at radius 1 is 0.750 bits per heavy atom. The van der Waals surface area contributed by atoms with Crippen LogP contribution in [0.1, 0.15) is 22.3 Å². The number of halogens is 6. The van der Waals surface area contributed by atoms with Gasteiger partial charge in [-0.25, -0.2) is 9.59 Å². The molecular formula is C34H27F6N3O5. The van der Waals surface area contributed by atoms with E-state index in [1.165, 1.54) is 24.3 Å². The SMILES string of the molecule is O=C(N[C@@H](Cc1c[nH]c2ccccc12)C(=O)O)NC(Cc1ccccc1)(c1cccc(OC(F)(F)F)c1)c1cccc(OC(F)(F)F)c1. The molecular weight excluding hydrogens is 644 g/mol. The summed E-state index contributed by atoms with van der Waals surface area (Å²) >= 11 is 0. The first-order valence-corrected chi connectivity index (χ1v) is 14.3. The highest BCUT2D eigenvalue weighted by atomic mass is 19.4. The first-order chi connectivity index (χ1) is 22.7. The van der Waals surface area contributed by atoms with Crippen molar-refractivity contribution in [1.82, 2.24) is 15.6 Å². The van der Waals surface area contributed by atoms with E-state index in [9.17, 15) is 41.0 Å². The number of rotatable bonds is 11. The molecule has 0 aliphatic heterocycles. The van der Waals surface area contributed by atoms with Crippen LogP contribution in [0.2, 0.25) is 0 Å². The fourth-order valence-corrected chi connectivity index (χ4v) is 5.49. The molecule has 4 aromatic carbocycles. The molecule has 1 atom stereocenters. The third-order valence-electron chi connectivity index (χ3n) is 7.46. The van der Waals surface area contributed by atoms with Crippen LogP contribution in [0.25, 0.3) is 10.9 Å². The number of carboxylic acid groups (broad SMARTS) is 1. The number of carbonyl (C=O) groups excluding carboxylic acids is 1. The number of alkyl halides is 6. The number of aliphatic carboxylic acids is 1. The van der Waals surface area contributed by atoms with Crippen LogP contribution in [0.3, 0.4) is 0 Å². The van der Waals surface area contributed by atoms with Crippen molar-refractivity contribution in [2.75, 3.05) is 0 Å². The largest absolute Gasteiger partial charge is 0.573 e. The second-order valence-electron chi connectivity index (χ2n) is 10.8. The number of hydrogen-bond acceptors (Lipinski definition) is 4. The van der Waals surface area contributed by atoms with Crippen molar-refractivity contribution in [1.29, 1.82) is 0 Å². The van der Waals surface area contributed by atoms with Crippen molar-refractivity contribution in [3.63, 3.8) is 0 Å². The number of carbonyl (C=O) groups is 2. The molecule has 250 valence electrons. The number of fused-ring (bicyclic) bond motifs is 1. The smallest absolute Gasteiger partial charge is 0.480 e. The molecule has 0 aliphatic rings. The Morgan fingerprint density at radius 3 is 1.88 bits per heavy atom. The third-order valence-corrected chi connectivity index (χ3v) is 7.46. The number of ether oxygens (including phenoxy) is 2. The van der Waals surface area contributed by atoms with Crippen molar-refractivity contribution < 1.29 is 50.5 Å². The molecule has 5 aromatic rings.